The number of halogens is 6. The van der Waals surface area contributed by atoms with Gasteiger partial charge in [-0.05, 0) is 6.92 Å². The van der Waals surface area contributed by atoms with Crippen LogP contribution in [0.5, 0.6) is 0 Å². The molecule has 0 aromatic carbocycles. The molecule has 4 nitrogen and oxygen atoms in total. The molecule has 0 unspecified atom stereocenters. The lowest BCUT2D eigenvalue weighted by Crippen LogP contribution is -2.48. The van der Waals surface area contributed by atoms with Crippen molar-refractivity contribution in [3.05, 3.63) is 0 Å². The van der Waals surface area contributed by atoms with Crippen LogP contribution in [0.25, 0.3) is 0 Å². The van der Waals surface area contributed by atoms with Crippen molar-refractivity contribution in [3.8, 4) is 0 Å². The van der Waals surface area contributed by atoms with Crippen LogP contribution in [0.15, 0.2) is 0 Å². The van der Waals surface area contributed by atoms with Gasteiger partial charge in [0, 0.05) is 13.7 Å². The highest BCUT2D eigenvalue weighted by molar-refractivity contribution is 5.67. The van der Waals surface area contributed by atoms with E-state index in [-0.39, 0.29) is 6.54 Å². The second kappa shape index (κ2) is 6.12. The summed E-state index contributed by atoms with van der Waals surface area (Å²) < 4.78 is 80.4. The van der Waals surface area contributed by atoms with E-state index in [1.165, 1.54) is 6.92 Å². The van der Waals surface area contributed by atoms with Crippen molar-refractivity contribution in [1.29, 1.82) is 0 Å². The molecular weight excluding hydrogens is 272 g/mol. The maximum Gasteiger partial charge on any atom is 0.434 e. The number of methoxy groups -OCH3 is 1. The number of hydrogen-bond donors (Lipinski definition) is 0. The van der Waals surface area contributed by atoms with Gasteiger partial charge in [0.2, 0.25) is 0 Å². The molecule has 0 atom stereocenters. The summed E-state index contributed by atoms with van der Waals surface area (Å²) in [7, 11) is 1.13. The number of hydrogen-bond acceptors (Lipinski definition) is 3. The van der Waals surface area contributed by atoms with Crippen molar-refractivity contribution < 1.29 is 40.6 Å². The van der Waals surface area contributed by atoms with Crippen molar-refractivity contribution >= 4 is 6.09 Å². The SMILES string of the molecule is CCN(COC)C(=O)OC(C(F)(F)F)C(F)(F)F. The lowest BCUT2D eigenvalue weighted by molar-refractivity contribution is -0.308. The summed E-state index contributed by atoms with van der Waals surface area (Å²) >= 11 is 0. The highest BCUT2D eigenvalue weighted by atomic mass is 19.4. The van der Waals surface area contributed by atoms with Crippen LogP contribution in [0.4, 0.5) is 31.1 Å². The Bertz CT molecular complexity index is 263. The Labute approximate surface area is 98.4 Å². The molecule has 0 aliphatic rings. The van der Waals surface area contributed by atoms with Gasteiger partial charge in [-0.15, -0.1) is 0 Å². The Morgan fingerprint density at radius 1 is 1.17 bits per heavy atom. The van der Waals surface area contributed by atoms with Gasteiger partial charge in [0.25, 0.3) is 6.10 Å². The first-order valence-corrected chi connectivity index (χ1v) is 4.62. The Morgan fingerprint density at radius 2 is 1.61 bits per heavy atom. The third-order valence-electron chi connectivity index (χ3n) is 1.74. The molecular formula is C8H11F6NO3. The van der Waals surface area contributed by atoms with E-state index >= 15 is 0 Å². The molecule has 0 aliphatic carbocycles. The zero-order valence-corrected chi connectivity index (χ0v) is 9.43. The third kappa shape index (κ3) is 4.98. The fourth-order valence-corrected chi connectivity index (χ4v) is 0.923. The number of ether oxygens (including phenoxy) is 2. The summed E-state index contributed by atoms with van der Waals surface area (Å²) in [6.45, 7) is 0.712. The molecule has 0 N–H and O–H groups in total. The number of alkyl halides is 6. The van der Waals surface area contributed by atoms with Crippen molar-refractivity contribution in [2.24, 2.45) is 0 Å². The van der Waals surface area contributed by atoms with E-state index in [0.29, 0.717) is 4.90 Å². The minimum atomic E-state index is -5.72. The monoisotopic (exact) mass is 283 g/mol. The topological polar surface area (TPSA) is 38.8 Å². The quantitative estimate of drug-likeness (QED) is 0.588. The number of carbonyl (C=O) groups is 1. The van der Waals surface area contributed by atoms with E-state index in [2.05, 4.69) is 9.47 Å². The zero-order chi connectivity index (χ0) is 14.6. The number of amides is 1. The summed E-state index contributed by atoms with van der Waals surface area (Å²) in [4.78, 5) is 11.6. The molecule has 0 saturated carbocycles. The Morgan fingerprint density at radius 3 is 1.89 bits per heavy atom. The maximum absolute atomic E-state index is 12.1. The molecule has 10 heteroatoms. The predicted molar refractivity (Wildman–Crippen MR) is 46.6 cm³/mol. The first-order valence-electron chi connectivity index (χ1n) is 4.62. The molecule has 18 heavy (non-hydrogen) atoms. The Kier molecular flexibility index (Phi) is 5.71. The Hall–Kier alpha value is -1.19. The van der Waals surface area contributed by atoms with Crippen LogP contribution >= 0.6 is 0 Å². The lowest BCUT2D eigenvalue weighted by Gasteiger charge is -2.26. The second-order valence-corrected chi connectivity index (χ2v) is 3.12. The maximum atomic E-state index is 12.1. The van der Waals surface area contributed by atoms with Gasteiger partial charge >= 0.3 is 18.4 Å². The van der Waals surface area contributed by atoms with Crippen LogP contribution in [0.1, 0.15) is 6.92 Å². The fourth-order valence-electron chi connectivity index (χ4n) is 0.923. The van der Waals surface area contributed by atoms with E-state index in [0.717, 1.165) is 7.11 Å². The van der Waals surface area contributed by atoms with Crippen LogP contribution in [0, 0.1) is 0 Å². The molecule has 0 aromatic rings. The van der Waals surface area contributed by atoms with Crippen molar-refractivity contribution in [2.75, 3.05) is 20.4 Å². The second-order valence-electron chi connectivity index (χ2n) is 3.12. The van der Waals surface area contributed by atoms with Crippen LogP contribution in [0.2, 0.25) is 0 Å². The van der Waals surface area contributed by atoms with Gasteiger partial charge in [-0.25, -0.2) is 4.79 Å². The largest absolute Gasteiger partial charge is 0.434 e. The van der Waals surface area contributed by atoms with Gasteiger partial charge in [-0.1, -0.05) is 0 Å². The molecule has 0 bridgehead atoms. The minimum Gasteiger partial charge on any atom is -0.426 e. The number of rotatable bonds is 4. The third-order valence-corrected chi connectivity index (χ3v) is 1.74. The van der Waals surface area contributed by atoms with E-state index in [1.807, 2.05) is 0 Å². The Balaban J connectivity index is 4.85. The van der Waals surface area contributed by atoms with Gasteiger partial charge in [0.05, 0.1) is 0 Å². The van der Waals surface area contributed by atoms with E-state index in [1.54, 1.807) is 0 Å². The molecule has 0 saturated heterocycles. The van der Waals surface area contributed by atoms with Gasteiger partial charge < -0.3 is 9.47 Å². The number of nitrogens with zero attached hydrogens (tertiary/aromatic N) is 1. The molecule has 0 aromatic heterocycles. The molecule has 1 amide bonds. The van der Waals surface area contributed by atoms with E-state index < -0.39 is 31.3 Å². The fraction of sp³-hybridized carbons (Fsp3) is 0.875. The molecule has 108 valence electrons. The molecule has 0 rings (SSSR count). The first-order chi connectivity index (χ1) is 8.04. The van der Waals surface area contributed by atoms with Crippen molar-refractivity contribution in [3.63, 3.8) is 0 Å². The molecule has 0 heterocycles. The van der Waals surface area contributed by atoms with Crippen LogP contribution in [-0.2, 0) is 9.47 Å². The standard InChI is InChI=1S/C8H11F6NO3/c1-3-15(4-17-2)6(16)18-5(7(9,10)11)8(12,13)14/h5H,3-4H2,1-2H3. The number of carbonyl (C=O) groups excluding carboxylic acids is 1. The zero-order valence-electron chi connectivity index (χ0n) is 9.43. The summed E-state index contributed by atoms with van der Waals surface area (Å²) in [6, 6.07) is 0. The highest BCUT2D eigenvalue weighted by Gasteiger charge is 2.60. The average Bonchev–Trinajstić information content (AvgIpc) is 2.18. The van der Waals surface area contributed by atoms with E-state index in [4.69, 9.17) is 0 Å². The summed E-state index contributed by atoms with van der Waals surface area (Å²) in [5.41, 5.74) is 0. The van der Waals surface area contributed by atoms with Gasteiger partial charge in [-0.2, -0.15) is 26.3 Å². The summed E-state index contributed by atoms with van der Waals surface area (Å²) in [6.07, 6.45) is -17.3. The van der Waals surface area contributed by atoms with Gasteiger partial charge in [0.1, 0.15) is 6.73 Å². The predicted octanol–water partition coefficient (Wildman–Crippen LogP) is 2.54. The first kappa shape index (κ1) is 16.8. The summed E-state index contributed by atoms with van der Waals surface area (Å²) in [5.74, 6) is 0. The van der Waals surface area contributed by atoms with Crippen LogP contribution < -0.4 is 0 Å². The molecule has 0 radical (unpaired) electrons. The smallest absolute Gasteiger partial charge is 0.426 e. The molecule has 0 spiro atoms. The van der Waals surface area contributed by atoms with Gasteiger partial charge in [-0.3, -0.25) is 4.90 Å². The highest BCUT2D eigenvalue weighted by Crippen LogP contribution is 2.35. The average molecular weight is 283 g/mol. The van der Waals surface area contributed by atoms with Crippen LogP contribution in [-0.4, -0.2) is 49.8 Å². The van der Waals surface area contributed by atoms with Gasteiger partial charge in [0.15, 0.2) is 0 Å². The minimum absolute atomic E-state index is 0.158. The van der Waals surface area contributed by atoms with Crippen molar-refractivity contribution in [1.82, 2.24) is 4.90 Å². The summed E-state index contributed by atoms with van der Waals surface area (Å²) in [5, 5.41) is 0. The lowest BCUT2D eigenvalue weighted by atomic mass is 10.3. The normalized spacial score (nSPS) is 12.7. The van der Waals surface area contributed by atoms with Crippen LogP contribution in [0.3, 0.4) is 0 Å². The molecule has 0 fully saturated rings. The molecule has 0 aliphatic heterocycles. The van der Waals surface area contributed by atoms with E-state index in [9.17, 15) is 31.1 Å². The van der Waals surface area contributed by atoms with Crippen molar-refractivity contribution in [2.45, 2.75) is 25.4 Å².